The molecule has 7 heteroatoms. The fourth-order valence-electron chi connectivity index (χ4n) is 3.75. The zero-order valence-corrected chi connectivity index (χ0v) is 23.5. The number of halogens is 1. The van der Waals surface area contributed by atoms with Crippen molar-refractivity contribution in [1.29, 1.82) is 0 Å². The third-order valence-corrected chi connectivity index (χ3v) is 6.75. The Hall–Kier alpha value is -2.69. The van der Waals surface area contributed by atoms with Crippen molar-refractivity contribution in [3.8, 4) is 22.8 Å². The van der Waals surface area contributed by atoms with Crippen molar-refractivity contribution < 1.29 is 23.3 Å². The molecule has 4 rings (SSSR count). The zero-order chi connectivity index (χ0) is 27.1. The van der Waals surface area contributed by atoms with E-state index in [1.165, 1.54) is 39.2 Å². The van der Waals surface area contributed by atoms with Gasteiger partial charge >= 0.3 is 0 Å². The molecule has 2 aromatic carbocycles. The second-order valence-corrected chi connectivity index (χ2v) is 13.5. The van der Waals surface area contributed by atoms with Crippen molar-refractivity contribution >= 4 is 7.37 Å². The Morgan fingerprint density at radius 1 is 1.03 bits per heavy atom. The molecular formula is C30H39FNO4P. The van der Waals surface area contributed by atoms with E-state index in [4.69, 9.17) is 9.47 Å². The van der Waals surface area contributed by atoms with E-state index >= 15 is 0 Å². The summed E-state index contributed by atoms with van der Waals surface area (Å²) in [6.07, 6.45) is 7.21. The Morgan fingerprint density at radius 2 is 1.76 bits per heavy atom. The SMILES string of the molecule is C1CC1.COc1cc(-c2ccc(COc3cccc(CCP(C)(=O)O)c3)cc2CC(C)(C)C)c(F)cn1. The number of rotatable bonds is 9. The van der Waals surface area contributed by atoms with Crippen LogP contribution in [0.3, 0.4) is 0 Å². The van der Waals surface area contributed by atoms with Crippen molar-refractivity contribution in [3.05, 3.63) is 77.2 Å². The number of nitrogens with zero attached hydrogens (tertiary/aromatic N) is 1. The monoisotopic (exact) mass is 527 g/mol. The summed E-state index contributed by atoms with van der Waals surface area (Å²) in [5.74, 6) is 0.676. The number of aryl methyl sites for hydroxylation is 1. The van der Waals surface area contributed by atoms with E-state index in [1.54, 1.807) is 6.07 Å². The van der Waals surface area contributed by atoms with Crippen molar-refractivity contribution in [2.24, 2.45) is 5.41 Å². The number of ether oxygens (including phenoxy) is 2. The topological polar surface area (TPSA) is 68.7 Å². The molecule has 0 spiro atoms. The molecule has 1 N–H and O–H groups in total. The van der Waals surface area contributed by atoms with Gasteiger partial charge in [-0.1, -0.05) is 70.4 Å². The Kier molecular flexibility index (Phi) is 9.92. The first-order valence-electron chi connectivity index (χ1n) is 12.8. The summed E-state index contributed by atoms with van der Waals surface area (Å²) >= 11 is 0. The zero-order valence-electron chi connectivity index (χ0n) is 22.6. The van der Waals surface area contributed by atoms with Crippen LogP contribution in [0.4, 0.5) is 4.39 Å². The van der Waals surface area contributed by atoms with Gasteiger partial charge in [0.2, 0.25) is 5.88 Å². The van der Waals surface area contributed by atoms with Gasteiger partial charge in [0.1, 0.15) is 18.2 Å². The van der Waals surface area contributed by atoms with Crippen LogP contribution in [0, 0.1) is 11.2 Å². The third-order valence-electron chi connectivity index (χ3n) is 5.69. The molecule has 1 aromatic heterocycles. The first-order valence-corrected chi connectivity index (χ1v) is 15.1. The summed E-state index contributed by atoms with van der Waals surface area (Å²) in [6.45, 7) is 8.18. The van der Waals surface area contributed by atoms with Crippen LogP contribution in [-0.2, 0) is 24.0 Å². The quantitative estimate of drug-likeness (QED) is 0.289. The van der Waals surface area contributed by atoms with Crippen LogP contribution >= 0.6 is 7.37 Å². The van der Waals surface area contributed by atoms with Crippen molar-refractivity contribution in [1.82, 2.24) is 4.98 Å². The number of pyridine rings is 1. The predicted molar refractivity (Wildman–Crippen MR) is 148 cm³/mol. The second-order valence-electron chi connectivity index (χ2n) is 11.0. The minimum absolute atomic E-state index is 0.00156. The van der Waals surface area contributed by atoms with Crippen LogP contribution in [-0.4, -0.2) is 29.8 Å². The van der Waals surface area contributed by atoms with Gasteiger partial charge in [-0.3, -0.25) is 4.57 Å². The van der Waals surface area contributed by atoms with Crippen LogP contribution in [0.2, 0.25) is 0 Å². The molecule has 200 valence electrons. The average Bonchev–Trinajstić information content (AvgIpc) is 3.71. The van der Waals surface area contributed by atoms with Crippen LogP contribution in [0.1, 0.15) is 56.7 Å². The molecule has 0 amide bonds. The summed E-state index contributed by atoms with van der Waals surface area (Å²) in [4.78, 5) is 13.5. The normalized spacial score (nSPS) is 14.2. The Balaban J connectivity index is 0.00000118. The highest BCUT2D eigenvalue weighted by Crippen LogP contribution is 2.36. The van der Waals surface area contributed by atoms with Gasteiger partial charge in [0, 0.05) is 24.5 Å². The maximum atomic E-state index is 14.7. The van der Waals surface area contributed by atoms with Gasteiger partial charge in [0.05, 0.1) is 13.3 Å². The molecule has 0 bridgehead atoms. The number of methoxy groups -OCH3 is 1. The Morgan fingerprint density at radius 3 is 2.38 bits per heavy atom. The summed E-state index contributed by atoms with van der Waals surface area (Å²) in [5, 5.41) is 0. The van der Waals surface area contributed by atoms with Crippen molar-refractivity contribution in [2.75, 3.05) is 19.9 Å². The smallest absolute Gasteiger partial charge is 0.213 e. The molecule has 0 radical (unpaired) electrons. The van der Waals surface area contributed by atoms with Crippen LogP contribution in [0.5, 0.6) is 11.6 Å². The van der Waals surface area contributed by atoms with E-state index in [0.717, 1.165) is 28.7 Å². The minimum atomic E-state index is -3.05. The van der Waals surface area contributed by atoms with Gasteiger partial charge in [0.15, 0.2) is 7.37 Å². The van der Waals surface area contributed by atoms with Gasteiger partial charge in [-0.25, -0.2) is 9.37 Å². The number of aromatic nitrogens is 1. The lowest BCUT2D eigenvalue weighted by atomic mass is 9.84. The lowest BCUT2D eigenvalue weighted by molar-refractivity contribution is 0.305. The van der Waals surface area contributed by atoms with E-state index in [9.17, 15) is 13.8 Å². The molecule has 0 saturated heterocycles. The molecule has 5 nitrogen and oxygen atoms in total. The molecule has 0 aliphatic heterocycles. The molecule has 3 aromatic rings. The minimum Gasteiger partial charge on any atom is -0.489 e. The third kappa shape index (κ3) is 10.3. The molecule has 1 aliphatic carbocycles. The van der Waals surface area contributed by atoms with Crippen molar-refractivity contribution in [2.45, 2.75) is 59.5 Å². The second kappa shape index (κ2) is 12.7. The summed E-state index contributed by atoms with van der Waals surface area (Å²) in [5.41, 5.74) is 4.23. The highest BCUT2D eigenvalue weighted by molar-refractivity contribution is 7.57. The maximum absolute atomic E-state index is 14.7. The molecule has 1 heterocycles. The number of hydrogen-bond acceptors (Lipinski definition) is 4. The molecular weight excluding hydrogens is 488 g/mol. The maximum Gasteiger partial charge on any atom is 0.213 e. The Bertz CT molecular complexity index is 1230. The summed E-state index contributed by atoms with van der Waals surface area (Å²) < 4.78 is 37.5. The van der Waals surface area contributed by atoms with E-state index in [1.807, 2.05) is 36.4 Å². The Labute approximate surface area is 220 Å². The summed E-state index contributed by atoms with van der Waals surface area (Å²) in [6, 6.07) is 15.1. The molecule has 1 atom stereocenters. The van der Waals surface area contributed by atoms with E-state index < -0.39 is 13.2 Å². The van der Waals surface area contributed by atoms with Gasteiger partial charge in [-0.05, 0) is 52.6 Å². The van der Waals surface area contributed by atoms with E-state index in [2.05, 4.69) is 31.8 Å². The first kappa shape index (κ1) is 28.9. The highest BCUT2D eigenvalue weighted by atomic mass is 31.2. The standard InChI is InChI=1S/C27H33FNO4P.C3H6/c1-27(2,3)16-21-13-20(9-10-23(21)24-15-26(32-4)29-17-25(24)28)18-33-22-8-6-7-19(14-22)11-12-34(5,30)31;1-2-3-1/h6-10,13-15,17H,11-12,16,18H2,1-5H3,(H,30,31);1-3H2. The van der Waals surface area contributed by atoms with Gasteiger partial charge in [0.25, 0.3) is 0 Å². The molecule has 1 unspecified atom stereocenters. The van der Waals surface area contributed by atoms with Gasteiger partial charge in [-0.15, -0.1) is 0 Å². The number of benzene rings is 2. The average molecular weight is 528 g/mol. The molecule has 1 saturated carbocycles. The van der Waals surface area contributed by atoms with Crippen LogP contribution in [0.25, 0.3) is 11.1 Å². The lowest BCUT2D eigenvalue weighted by Crippen LogP contribution is -2.11. The van der Waals surface area contributed by atoms with Crippen LogP contribution in [0.15, 0.2) is 54.7 Å². The fraction of sp³-hybridized carbons (Fsp3) is 0.433. The highest BCUT2D eigenvalue weighted by Gasteiger charge is 2.18. The predicted octanol–water partition coefficient (Wildman–Crippen LogP) is 7.68. The largest absolute Gasteiger partial charge is 0.489 e. The van der Waals surface area contributed by atoms with E-state index in [0.29, 0.717) is 30.2 Å². The molecule has 1 fully saturated rings. The first-order chi connectivity index (χ1) is 17.4. The van der Waals surface area contributed by atoms with Crippen molar-refractivity contribution in [3.63, 3.8) is 0 Å². The molecule has 1 aliphatic rings. The van der Waals surface area contributed by atoms with E-state index in [-0.39, 0.29) is 11.6 Å². The van der Waals surface area contributed by atoms with Gasteiger partial charge < -0.3 is 14.4 Å². The van der Waals surface area contributed by atoms with Crippen LogP contribution < -0.4 is 9.47 Å². The van der Waals surface area contributed by atoms with Gasteiger partial charge in [-0.2, -0.15) is 0 Å². The lowest BCUT2D eigenvalue weighted by Gasteiger charge is -2.22. The molecule has 37 heavy (non-hydrogen) atoms. The summed E-state index contributed by atoms with van der Waals surface area (Å²) in [7, 11) is -1.54. The number of hydrogen-bond donors (Lipinski definition) is 1. The fourth-order valence-corrected chi connectivity index (χ4v) is 4.42.